The highest BCUT2D eigenvalue weighted by Gasteiger charge is 2.54. The normalized spacial score (nSPS) is 18.5. The molecule has 0 aromatic heterocycles. The molecule has 1 aliphatic heterocycles. The third-order valence-electron chi connectivity index (χ3n) is 6.92. The summed E-state index contributed by atoms with van der Waals surface area (Å²) in [6.07, 6.45) is -3.60. The largest absolute Gasteiger partial charge is 0.436 e. The zero-order valence-corrected chi connectivity index (χ0v) is 21.4. The highest BCUT2D eigenvalue weighted by molar-refractivity contribution is 6.23. The van der Waals surface area contributed by atoms with E-state index in [9.17, 15) is 32.3 Å². The van der Waals surface area contributed by atoms with Crippen LogP contribution in [-0.2, 0) is 11.6 Å². The fraction of sp³-hybridized carbons (Fsp3) is 0.423. The number of aliphatic hydroxyl groups is 1. The van der Waals surface area contributed by atoms with Gasteiger partial charge < -0.3 is 20.6 Å². The van der Waals surface area contributed by atoms with E-state index >= 15 is 0 Å². The SMILES string of the molecule is N#CC1(CNC(=O)Nc2ccc(C(=O)N3CCN(Cc4ccc(C(O)(Cl)C(F)(F)F)cc4)CC3)cc2F)CC1. The predicted molar refractivity (Wildman–Crippen MR) is 134 cm³/mol. The molecular formula is C26H26ClF4N5O3. The van der Waals surface area contributed by atoms with Crippen molar-refractivity contribution < 1.29 is 32.3 Å². The lowest BCUT2D eigenvalue weighted by molar-refractivity contribution is -0.228. The molecule has 1 saturated heterocycles. The quantitative estimate of drug-likeness (QED) is 0.344. The van der Waals surface area contributed by atoms with Gasteiger partial charge in [-0.2, -0.15) is 18.4 Å². The van der Waals surface area contributed by atoms with E-state index in [4.69, 9.17) is 16.9 Å². The highest BCUT2D eigenvalue weighted by Crippen LogP contribution is 2.44. The van der Waals surface area contributed by atoms with Gasteiger partial charge in [-0.15, -0.1) is 0 Å². The maximum atomic E-state index is 14.6. The average Bonchev–Trinajstić information content (AvgIpc) is 3.69. The van der Waals surface area contributed by atoms with Crippen LogP contribution in [-0.4, -0.2) is 65.7 Å². The average molecular weight is 568 g/mol. The number of alkyl halides is 4. The van der Waals surface area contributed by atoms with Crippen molar-refractivity contribution in [2.24, 2.45) is 5.41 Å². The van der Waals surface area contributed by atoms with Crippen molar-refractivity contribution in [1.29, 1.82) is 5.26 Å². The Morgan fingerprint density at radius 1 is 1.08 bits per heavy atom. The molecule has 2 aromatic carbocycles. The molecule has 1 heterocycles. The van der Waals surface area contributed by atoms with Crippen LogP contribution >= 0.6 is 11.6 Å². The minimum absolute atomic E-state index is 0.0930. The molecule has 8 nitrogen and oxygen atoms in total. The Balaban J connectivity index is 1.27. The van der Waals surface area contributed by atoms with E-state index in [2.05, 4.69) is 16.7 Å². The van der Waals surface area contributed by atoms with Crippen molar-refractivity contribution >= 4 is 29.2 Å². The molecule has 1 aliphatic carbocycles. The second-order valence-corrected chi connectivity index (χ2v) is 10.3. The van der Waals surface area contributed by atoms with E-state index in [-0.39, 0.29) is 23.7 Å². The van der Waals surface area contributed by atoms with Crippen LogP contribution in [0.1, 0.15) is 34.3 Å². The zero-order chi connectivity index (χ0) is 28.4. The van der Waals surface area contributed by atoms with Crippen LogP contribution in [0.25, 0.3) is 0 Å². The Hall–Kier alpha value is -3.40. The van der Waals surface area contributed by atoms with Crippen molar-refractivity contribution in [1.82, 2.24) is 15.1 Å². The number of piperazine rings is 1. The van der Waals surface area contributed by atoms with Gasteiger partial charge in [-0.05, 0) is 36.6 Å². The third kappa shape index (κ3) is 6.61. The molecule has 2 aliphatic rings. The number of anilines is 1. The van der Waals surface area contributed by atoms with Crippen molar-refractivity contribution in [3.05, 3.63) is 65.0 Å². The van der Waals surface area contributed by atoms with E-state index in [1.807, 2.05) is 4.90 Å². The third-order valence-corrected chi connectivity index (χ3v) is 7.35. The summed E-state index contributed by atoms with van der Waals surface area (Å²) in [7, 11) is 0. The van der Waals surface area contributed by atoms with Gasteiger partial charge in [-0.25, -0.2) is 9.18 Å². The monoisotopic (exact) mass is 567 g/mol. The number of halogens is 5. The summed E-state index contributed by atoms with van der Waals surface area (Å²) in [5, 5.41) is 20.1. The number of nitrogens with zero attached hydrogens (tertiary/aromatic N) is 3. The Morgan fingerprint density at radius 2 is 1.72 bits per heavy atom. The minimum Gasteiger partial charge on any atom is -0.364 e. The number of hydrogen-bond acceptors (Lipinski definition) is 5. The van der Waals surface area contributed by atoms with Crippen LogP contribution < -0.4 is 10.6 Å². The maximum Gasteiger partial charge on any atom is 0.436 e. The first-order valence-corrected chi connectivity index (χ1v) is 12.6. The Bertz CT molecular complexity index is 1270. The van der Waals surface area contributed by atoms with Crippen LogP contribution in [0.5, 0.6) is 0 Å². The fourth-order valence-corrected chi connectivity index (χ4v) is 4.32. The molecule has 0 bridgehead atoms. The lowest BCUT2D eigenvalue weighted by Crippen LogP contribution is -2.48. The van der Waals surface area contributed by atoms with Gasteiger partial charge in [0.1, 0.15) is 5.82 Å². The molecule has 0 spiro atoms. The Kier molecular flexibility index (Phi) is 8.07. The number of carbonyl (C=O) groups excluding carboxylic acids is 2. The summed E-state index contributed by atoms with van der Waals surface area (Å²) in [5.74, 6) is -1.14. The van der Waals surface area contributed by atoms with Crippen LogP contribution in [0.3, 0.4) is 0 Å². The van der Waals surface area contributed by atoms with E-state index in [0.717, 1.165) is 18.2 Å². The van der Waals surface area contributed by atoms with E-state index in [1.165, 1.54) is 24.3 Å². The van der Waals surface area contributed by atoms with Gasteiger partial charge in [0.2, 0.25) is 0 Å². The molecule has 39 heavy (non-hydrogen) atoms. The van der Waals surface area contributed by atoms with Gasteiger partial charge in [-0.1, -0.05) is 35.9 Å². The van der Waals surface area contributed by atoms with Gasteiger partial charge in [0.25, 0.3) is 11.0 Å². The number of benzene rings is 2. The van der Waals surface area contributed by atoms with Crippen LogP contribution in [0, 0.1) is 22.6 Å². The molecule has 1 atom stereocenters. The summed E-state index contributed by atoms with van der Waals surface area (Å²) in [6, 6.07) is 10.5. The van der Waals surface area contributed by atoms with E-state index in [1.54, 1.807) is 4.90 Å². The van der Waals surface area contributed by atoms with Crippen LogP contribution in [0.4, 0.5) is 28.0 Å². The number of carbonyl (C=O) groups is 2. The van der Waals surface area contributed by atoms with Gasteiger partial charge in [0.05, 0.1) is 17.2 Å². The second-order valence-electron chi connectivity index (χ2n) is 9.78. The van der Waals surface area contributed by atoms with Gasteiger partial charge in [-0.3, -0.25) is 9.69 Å². The molecule has 3 N–H and O–H groups in total. The zero-order valence-electron chi connectivity index (χ0n) is 20.7. The minimum atomic E-state index is -5.02. The molecule has 2 aromatic rings. The number of amides is 3. The summed E-state index contributed by atoms with van der Waals surface area (Å²) >= 11 is 5.28. The summed E-state index contributed by atoms with van der Waals surface area (Å²) in [5.41, 5.74) is -0.265. The molecule has 0 radical (unpaired) electrons. The van der Waals surface area contributed by atoms with Crippen molar-refractivity contribution in [2.45, 2.75) is 30.6 Å². The molecule has 3 amide bonds. The number of urea groups is 1. The Labute approximate surface area is 227 Å². The first-order valence-electron chi connectivity index (χ1n) is 12.2. The predicted octanol–water partition coefficient (Wildman–Crippen LogP) is 4.16. The van der Waals surface area contributed by atoms with E-state index in [0.29, 0.717) is 51.1 Å². The van der Waals surface area contributed by atoms with Gasteiger partial charge in [0, 0.05) is 50.4 Å². The lowest BCUT2D eigenvalue weighted by Gasteiger charge is -2.35. The summed E-state index contributed by atoms with van der Waals surface area (Å²) < 4.78 is 53.3. The number of rotatable bonds is 7. The van der Waals surface area contributed by atoms with E-state index < -0.39 is 34.1 Å². The summed E-state index contributed by atoms with van der Waals surface area (Å²) in [4.78, 5) is 28.5. The van der Waals surface area contributed by atoms with Crippen LogP contribution in [0.2, 0.25) is 0 Å². The molecule has 1 saturated carbocycles. The fourth-order valence-electron chi connectivity index (χ4n) is 4.19. The molecule has 13 heteroatoms. The number of hydrogen-bond donors (Lipinski definition) is 3. The molecule has 1 unspecified atom stereocenters. The van der Waals surface area contributed by atoms with Crippen molar-refractivity contribution in [2.75, 3.05) is 38.0 Å². The highest BCUT2D eigenvalue weighted by atomic mass is 35.5. The number of nitrogens with one attached hydrogen (secondary N) is 2. The Morgan fingerprint density at radius 3 is 2.26 bits per heavy atom. The summed E-state index contributed by atoms with van der Waals surface area (Å²) in [6.45, 7) is 2.29. The second kappa shape index (κ2) is 11.0. The van der Waals surface area contributed by atoms with Gasteiger partial charge in [0.15, 0.2) is 0 Å². The van der Waals surface area contributed by atoms with Gasteiger partial charge >= 0.3 is 12.2 Å². The topological polar surface area (TPSA) is 109 Å². The first-order chi connectivity index (χ1) is 18.3. The standard InChI is InChI=1S/C26H26ClF4N5O3/c27-25(39,26(29,30)31)19-4-1-17(2-5-19)14-35-9-11-36(12-10-35)22(37)18-3-6-21(20(28)13-18)34-23(38)33-16-24(15-32)7-8-24/h1-6,13,39H,7-12,14,16H2,(H2,33,34,38). The smallest absolute Gasteiger partial charge is 0.364 e. The van der Waals surface area contributed by atoms with Crippen molar-refractivity contribution in [3.8, 4) is 6.07 Å². The van der Waals surface area contributed by atoms with Crippen LogP contribution in [0.15, 0.2) is 42.5 Å². The molecule has 2 fully saturated rings. The molecule has 208 valence electrons. The lowest BCUT2D eigenvalue weighted by atomic mass is 10.1. The maximum absolute atomic E-state index is 14.6. The first kappa shape index (κ1) is 28.6. The molecular weight excluding hydrogens is 542 g/mol. The number of nitriles is 1. The van der Waals surface area contributed by atoms with Crippen molar-refractivity contribution in [3.63, 3.8) is 0 Å². The molecule has 4 rings (SSSR count).